The Labute approximate surface area is 120 Å². The van der Waals surface area contributed by atoms with Gasteiger partial charge in [-0.25, -0.2) is 8.42 Å². The van der Waals surface area contributed by atoms with Crippen LogP contribution in [0.4, 0.5) is 0 Å². The quantitative estimate of drug-likeness (QED) is 0.913. The molecule has 1 atom stereocenters. The second-order valence-electron chi connectivity index (χ2n) is 5.21. The van der Waals surface area contributed by atoms with Crippen molar-refractivity contribution < 1.29 is 13.5 Å². The van der Waals surface area contributed by atoms with Crippen molar-refractivity contribution in [3.05, 3.63) is 29.8 Å². The molecular formula is C14H22N2O3S. The van der Waals surface area contributed by atoms with Gasteiger partial charge in [-0.15, -0.1) is 0 Å². The van der Waals surface area contributed by atoms with Crippen LogP contribution in [0.15, 0.2) is 24.3 Å². The Morgan fingerprint density at radius 1 is 1.15 bits per heavy atom. The van der Waals surface area contributed by atoms with Crippen LogP contribution in [0, 0.1) is 0 Å². The van der Waals surface area contributed by atoms with Gasteiger partial charge in [0.1, 0.15) is 5.75 Å². The maximum Gasteiger partial charge on any atom is 0.211 e. The van der Waals surface area contributed by atoms with Crippen LogP contribution in [0.5, 0.6) is 5.75 Å². The third-order valence-electron chi connectivity index (χ3n) is 3.85. The van der Waals surface area contributed by atoms with Gasteiger partial charge in [0.05, 0.1) is 6.26 Å². The van der Waals surface area contributed by atoms with E-state index in [0.717, 1.165) is 25.1 Å². The van der Waals surface area contributed by atoms with Gasteiger partial charge in [0.2, 0.25) is 10.0 Å². The average Bonchev–Trinajstić information content (AvgIpc) is 2.41. The van der Waals surface area contributed by atoms with Crippen molar-refractivity contribution in [1.29, 1.82) is 0 Å². The van der Waals surface area contributed by atoms with E-state index in [0.29, 0.717) is 13.1 Å². The normalized spacial score (nSPS) is 19.9. The molecule has 1 heterocycles. The largest absolute Gasteiger partial charge is 0.508 e. The van der Waals surface area contributed by atoms with E-state index in [2.05, 4.69) is 11.8 Å². The monoisotopic (exact) mass is 298 g/mol. The Morgan fingerprint density at radius 3 is 2.15 bits per heavy atom. The van der Waals surface area contributed by atoms with Gasteiger partial charge in [-0.1, -0.05) is 19.1 Å². The molecule has 0 aliphatic carbocycles. The Balaban J connectivity index is 2.06. The molecule has 0 aromatic heterocycles. The molecule has 1 aliphatic rings. The van der Waals surface area contributed by atoms with E-state index in [-0.39, 0.29) is 11.8 Å². The Morgan fingerprint density at radius 2 is 1.70 bits per heavy atom. The number of sulfonamides is 1. The van der Waals surface area contributed by atoms with Crippen LogP contribution < -0.4 is 0 Å². The van der Waals surface area contributed by atoms with Crippen LogP contribution in [0.3, 0.4) is 0 Å². The van der Waals surface area contributed by atoms with E-state index in [1.165, 1.54) is 10.6 Å². The molecule has 1 aromatic rings. The zero-order valence-corrected chi connectivity index (χ0v) is 12.8. The van der Waals surface area contributed by atoms with Crippen molar-refractivity contribution in [3.63, 3.8) is 0 Å². The molecule has 20 heavy (non-hydrogen) atoms. The van der Waals surface area contributed by atoms with E-state index in [1.54, 1.807) is 12.1 Å². The first-order valence-electron chi connectivity index (χ1n) is 6.90. The lowest BCUT2D eigenvalue weighted by Gasteiger charge is -2.38. The third kappa shape index (κ3) is 3.50. The smallest absolute Gasteiger partial charge is 0.211 e. The maximum absolute atomic E-state index is 11.5. The first kappa shape index (κ1) is 15.3. The van der Waals surface area contributed by atoms with Crippen LogP contribution in [-0.4, -0.2) is 55.2 Å². The summed E-state index contributed by atoms with van der Waals surface area (Å²) in [7, 11) is -3.08. The highest BCUT2D eigenvalue weighted by Gasteiger charge is 2.27. The molecule has 2 rings (SSSR count). The number of rotatable bonds is 4. The van der Waals surface area contributed by atoms with E-state index >= 15 is 0 Å². The highest BCUT2D eigenvalue weighted by atomic mass is 32.2. The predicted octanol–water partition coefficient (Wildman–Crippen LogP) is 1.42. The van der Waals surface area contributed by atoms with Crippen LogP contribution >= 0.6 is 0 Å². The topological polar surface area (TPSA) is 60.9 Å². The number of piperazine rings is 1. The molecule has 5 nitrogen and oxygen atoms in total. The van der Waals surface area contributed by atoms with E-state index < -0.39 is 10.0 Å². The summed E-state index contributed by atoms with van der Waals surface area (Å²) >= 11 is 0. The Bertz CT molecular complexity index is 534. The van der Waals surface area contributed by atoms with Crippen molar-refractivity contribution in [2.75, 3.05) is 32.4 Å². The molecule has 1 unspecified atom stereocenters. The summed E-state index contributed by atoms with van der Waals surface area (Å²) in [6, 6.07) is 7.55. The molecule has 0 spiro atoms. The van der Waals surface area contributed by atoms with E-state index in [9.17, 15) is 13.5 Å². The molecule has 0 saturated carbocycles. The van der Waals surface area contributed by atoms with Crippen LogP contribution in [-0.2, 0) is 10.0 Å². The number of phenols is 1. The number of nitrogens with zero attached hydrogens (tertiary/aromatic N) is 2. The molecule has 6 heteroatoms. The second-order valence-corrected chi connectivity index (χ2v) is 7.20. The molecule has 1 fully saturated rings. The zero-order valence-electron chi connectivity index (χ0n) is 12.0. The fourth-order valence-electron chi connectivity index (χ4n) is 2.75. The van der Waals surface area contributed by atoms with Crippen molar-refractivity contribution in [3.8, 4) is 5.75 Å². The first-order chi connectivity index (χ1) is 9.41. The van der Waals surface area contributed by atoms with Gasteiger partial charge in [-0.3, -0.25) is 4.90 Å². The zero-order chi connectivity index (χ0) is 14.8. The Kier molecular flexibility index (Phi) is 4.67. The first-order valence-corrected chi connectivity index (χ1v) is 8.74. The number of phenolic OH excluding ortho intramolecular Hbond substituents is 1. The number of hydrogen-bond donors (Lipinski definition) is 1. The number of aromatic hydroxyl groups is 1. The van der Waals surface area contributed by atoms with Gasteiger partial charge in [-0.2, -0.15) is 4.31 Å². The minimum absolute atomic E-state index is 0.269. The van der Waals surface area contributed by atoms with Gasteiger partial charge in [-0.05, 0) is 24.1 Å². The van der Waals surface area contributed by atoms with Gasteiger partial charge in [0.25, 0.3) is 0 Å². The summed E-state index contributed by atoms with van der Waals surface area (Å²) in [5.41, 5.74) is 1.16. The van der Waals surface area contributed by atoms with Crippen LogP contribution in [0.2, 0.25) is 0 Å². The lowest BCUT2D eigenvalue weighted by Crippen LogP contribution is -2.49. The van der Waals surface area contributed by atoms with Crippen LogP contribution in [0.25, 0.3) is 0 Å². The fourth-order valence-corrected chi connectivity index (χ4v) is 3.57. The molecular weight excluding hydrogens is 276 g/mol. The summed E-state index contributed by atoms with van der Waals surface area (Å²) in [5.74, 6) is 0.269. The highest BCUT2D eigenvalue weighted by molar-refractivity contribution is 7.88. The molecule has 1 aliphatic heterocycles. The van der Waals surface area contributed by atoms with E-state index in [1.807, 2.05) is 12.1 Å². The highest BCUT2D eigenvalue weighted by Crippen LogP contribution is 2.27. The molecule has 1 aromatic carbocycles. The molecule has 1 saturated heterocycles. The molecule has 1 N–H and O–H groups in total. The lowest BCUT2D eigenvalue weighted by atomic mass is 10.0. The minimum atomic E-state index is -3.08. The molecule has 0 radical (unpaired) electrons. The summed E-state index contributed by atoms with van der Waals surface area (Å²) in [5, 5.41) is 9.36. The standard InChI is InChI=1S/C14H22N2O3S/c1-3-14(12-4-6-13(17)7-5-12)15-8-10-16(11-9-15)20(2,18)19/h4-7,14,17H,3,8-11H2,1-2H3. The van der Waals surface area contributed by atoms with Crippen molar-refractivity contribution >= 4 is 10.0 Å². The van der Waals surface area contributed by atoms with Crippen molar-refractivity contribution in [2.45, 2.75) is 19.4 Å². The molecule has 0 bridgehead atoms. The van der Waals surface area contributed by atoms with E-state index in [4.69, 9.17) is 0 Å². The maximum atomic E-state index is 11.5. The van der Waals surface area contributed by atoms with Crippen LogP contribution in [0.1, 0.15) is 24.9 Å². The van der Waals surface area contributed by atoms with Crippen molar-refractivity contribution in [1.82, 2.24) is 9.21 Å². The minimum Gasteiger partial charge on any atom is -0.508 e. The van der Waals surface area contributed by atoms with Gasteiger partial charge in [0.15, 0.2) is 0 Å². The molecule has 112 valence electrons. The second kappa shape index (κ2) is 6.11. The number of hydrogen-bond acceptors (Lipinski definition) is 4. The fraction of sp³-hybridized carbons (Fsp3) is 0.571. The summed E-state index contributed by atoms with van der Waals surface area (Å²) in [6.07, 6.45) is 2.23. The summed E-state index contributed by atoms with van der Waals surface area (Å²) in [4.78, 5) is 2.31. The van der Waals surface area contributed by atoms with Gasteiger partial charge in [0, 0.05) is 32.2 Å². The molecule has 0 amide bonds. The third-order valence-corrected chi connectivity index (χ3v) is 5.15. The van der Waals surface area contributed by atoms with Crippen molar-refractivity contribution in [2.24, 2.45) is 0 Å². The average molecular weight is 298 g/mol. The lowest BCUT2D eigenvalue weighted by molar-refractivity contribution is 0.134. The summed E-state index contributed by atoms with van der Waals surface area (Å²) < 4.78 is 24.6. The predicted molar refractivity (Wildman–Crippen MR) is 79.1 cm³/mol. The SMILES string of the molecule is CCC(c1ccc(O)cc1)N1CCN(S(C)(=O)=O)CC1. The summed E-state index contributed by atoms with van der Waals surface area (Å²) in [6.45, 7) is 4.71. The van der Waals surface area contributed by atoms with Gasteiger partial charge >= 0.3 is 0 Å². The Hall–Kier alpha value is -1.11. The van der Waals surface area contributed by atoms with Gasteiger partial charge < -0.3 is 5.11 Å². The number of benzene rings is 1.